The first-order chi connectivity index (χ1) is 5.95. The van der Waals surface area contributed by atoms with Crippen molar-refractivity contribution in [1.82, 2.24) is 5.32 Å². The monoisotopic (exact) mass is 159 g/mol. The lowest BCUT2D eigenvalue weighted by atomic mass is 9.90. The maximum atomic E-state index is 3.51. The lowest BCUT2D eigenvalue weighted by Gasteiger charge is -2.22. The number of hydrogen-bond acceptors (Lipinski definition) is 1. The SMILES string of the molecule is C1=C2CCNC3=C2C(=CC1)CC3. The van der Waals surface area contributed by atoms with Crippen molar-refractivity contribution in [3.05, 3.63) is 34.6 Å². The van der Waals surface area contributed by atoms with Crippen LogP contribution in [0.15, 0.2) is 34.6 Å². The van der Waals surface area contributed by atoms with Crippen LogP contribution in [0.25, 0.3) is 0 Å². The molecule has 0 aromatic heterocycles. The van der Waals surface area contributed by atoms with Crippen molar-refractivity contribution in [2.75, 3.05) is 6.54 Å². The van der Waals surface area contributed by atoms with Gasteiger partial charge in [-0.25, -0.2) is 0 Å². The van der Waals surface area contributed by atoms with Gasteiger partial charge in [-0.05, 0) is 42.4 Å². The van der Waals surface area contributed by atoms with Crippen molar-refractivity contribution in [2.45, 2.75) is 25.7 Å². The smallest absolute Gasteiger partial charge is 0.0189 e. The van der Waals surface area contributed by atoms with Crippen LogP contribution in [0.4, 0.5) is 0 Å². The van der Waals surface area contributed by atoms with E-state index in [-0.39, 0.29) is 0 Å². The molecule has 0 radical (unpaired) electrons. The number of hydrogen-bond donors (Lipinski definition) is 1. The zero-order valence-electron chi connectivity index (χ0n) is 7.19. The van der Waals surface area contributed by atoms with Gasteiger partial charge in [0.25, 0.3) is 0 Å². The molecule has 0 amide bonds. The van der Waals surface area contributed by atoms with Gasteiger partial charge < -0.3 is 5.32 Å². The third-order valence-electron chi connectivity index (χ3n) is 3.05. The van der Waals surface area contributed by atoms with Gasteiger partial charge >= 0.3 is 0 Å². The Morgan fingerprint density at radius 3 is 2.75 bits per heavy atom. The molecular weight excluding hydrogens is 146 g/mol. The summed E-state index contributed by atoms with van der Waals surface area (Å²) in [7, 11) is 0. The summed E-state index contributed by atoms with van der Waals surface area (Å²) in [5, 5.41) is 3.51. The van der Waals surface area contributed by atoms with Gasteiger partial charge in [0.05, 0.1) is 0 Å². The average molecular weight is 159 g/mol. The molecule has 12 heavy (non-hydrogen) atoms. The third kappa shape index (κ3) is 0.739. The van der Waals surface area contributed by atoms with Crippen LogP contribution in [-0.2, 0) is 0 Å². The maximum Gasteiger partial charge on any atom is 0.0189 e. The summed E-state index contributed by atoms with van der Waals surface area (Å²) in [5.74, 6) is 0. The average Bonchev–Trinajstić information content (AvgIpc) is 2.52. The fourth-order valence-electron chi connectivity index (χ4n) is 2.51. The van der Waals surface area contributed by atoms with E-state index in [0.29, 0.717) is 0 Å². The van der Waals surface area contributed by atoms with Crippen molar-refractivity contribution in [1.29, 1.82) is 0 Å². The molecular formula is C11H13N. The van der Waals surface area contributed by atoms with Gasteiger partial charge in [-0.15, -0.1) is 0 Å². The number of allylic oxidation sites excluding steroid dienone is 5. The first-order valence-electron chi connectivity index (χ1n) is 4.81. The summed E-state index contributed by atoms with van der Waals surface area (Å²) >= 11 is 0. The highest BCUT2D eigenvalue weighted by molar-refractivity contribution is 5.56. The van der Waals surface area contributed by atoms with Crippen LogP contribution in [0.3, 0.4) is 0 Å². The van der Waals surface area contributed by atoms with Crippen molar-refractivity contribution >= 4 is 0 Å². The number of rotatable bonds is 0. The molecule has 1 aliphatic heterocycles. The Morgan fingerprint density at radius 1 is 1.00 bits per heavy atom. The highest BCUT2D eigenvalue weighted by Crippen LogP contribution is 2.40. The van der Waals surface area contributed by atoms with Crippen LogP contribution in [0.5, 0.6) is 0 Å². The van der Waals surface area contributed by atoms with Gasteiger partial charge in [-0.3, -0.25) is 0 Å². The molecule has 0 atom stereocenters. The minimum Gasteiger partial charge on any atom is -0.388 e. The zero-order chi connectivity index (χ0) is 7.97. The molecule has 1 N–H and O–H groups in total. The Kier molecular flexibility index (Phi) is 1.23. The maximum absolute atomic E-state index is 3.51. The molecule has 2 aliphatic carbocycles. The Bertz CT molecular complexity index is 318. The molecule has 0 unspecified atom stereocenters. The van der Waals surface area contributed by atoms with Gasteiger partial charge in [-0.2, -0.15) is 0 Å². The van der Waals surface area contributed by atoms with E-state index in [9.17, 15) is 0 Å². The summed E-state index contributed by atoms with van der Waals surface area (Å²) in [4.78, 5) is 0. The van der Waals surface area contributed by atoms with E-state index in [1.165, 1.54) is 31.4 Å². The van der Waals surface area contributed by atoms with E-state index < -0.39 is 0 Å². The summed E-state index contributed by atoms with van der Waals surface area (Å²) in [6, 6.07) is 0. The molecule has 0 saturated carbocycles. The van der Waals surface area contributed by atoms with Crippen molar-refractivity contribution in [2.24, 2.45) is 0 Å². The fraction of sp³-hybridized carbons (Fsp3) is 0.455. The summed E-state index contributed by atoms with van der Waals surface area (Å²) in [6.45, 7) is 1.15. The van der Waals surface area contributed by atoms with E-state index >= 15 is 0 Å². The Morgan fingerprint density at radius 2 is 1.83 bits per heavy atom. The molecule has 1 nitrogen and oxygen atoms in total. The molecule has 3 rings (SSSR count). The second-order valence-electron chi connectivity index (χ2n) is 3.72. The van der Waals surface area contributed by atoms with E-state index in [0.717, 1.165) is 6.54 Å². The normalized spacial score (nSPS) is 26.0. The molecule has 0 bridgehead atoms. The van der Waals surface area contributed by atoms with Crippen molar-refractivity contribution in [3.8, 4) is 0 Å². The van der Waals surface area contributed by atoms with Gasteiger partial charge in [0.1, 0.15) is 0 Å². The van der Waals surface area contributed by atoms with Crippen LogP contribution in [0.1, 0.15) is 25.7 Å². The van der Waals surface area contributed by atoms with Gasteiger partial charge in [0.15, 0.2) is 0 Å². The molecule has 0 saturated heterocycles. The zero-order valence-corrected chi connectivity index (χ0v) is 7.19. The van der Waals surface area contributed by atoms with Crippen LogP contribution < -0.4 is 5.32 Å². The highest BCUT2D eigenvalue weighted by Gasteiger charge is 2.26. The van der Waals surface area contributed by atoms with Gasteiger partial charge in [-0.1, -0.05) is 12.2 Å². The van der Waals surface area contributed by atoms with Crippen molar-refractivity contribution in [3.63, 3.8) is 0 Å². The predicted molar refractivity (Wildman–Crippen MR) is 49.7 cm³/mol. The third-order valence-corrected chi connectivity index (χ3v) is 3.05. The molecule has 0 aromatic rings. The Balaban J connectivity index is 2.16. The fourth-order valence-corrected chi connectivity index (χ4v) is 2.51. The standard InChI is InChI=1S/C11H13N/c1-2-8-4-5-10-11(8)9(3-1)6-7-12-10/h2-3,12H,1,4-7H2. The summed E-state index contributed by atoms with van der Waals surface area (Å²) < 4.78 is 0. The Labute approximate surface area is 72.9 Å². The van der Waals surface area contributed by atoms with E-state index in [1.54, 1.807) is 16.7 Å². The number of nitrogens with one attached hydrogen (secondary N) is 1. The minimum atomic E-state index is 1.15. The quantitative estimate of drug-likeness (QED) is 0.571. The largest absolute Gasteiger partial charge is 0.388 e. The first-order valence-corrected chi connectivity index (χ1v) is 4.81. The van der Waals surface area contributed by atoms with E-state index in [1.807, 2.05) is 0 Å². The van der Waals surface area contributed by atoms with Crippen LogP contribution in [0.2, 0.25) is 0 Å². The molecule has 62 valence electrons. The predicted octanol–water partition coefficient (Wildman–Crippen LogP) is 2.28. The lowest BCUT2D eigenvalue weighted by Crippen LogP contribution is -2.21. The molecule has 0 aromatic carbocycles. The van der Waals surface area contributed by atoms with E-state index in [4.69, 9.17) is 0 Å². The molecule has 0 fully saturated rings. The van der Waals surface area contributed by atoms with Crippen molar-refractivity contribution < 1.29 is 0 Å². The first kappa shape index (κ1) is 6.53. The molecule has 3 aliphatic rings. The highest BCUT2D eigenvalue weighted by atomic mass is 14.9. The van der Waals surface area contributed by atoms with Gasteiger partial charge in [0, 0.05) is 12.2 Å². The molecule has 1 heterocycles. The van der Waals surface area contributed by atoms with Crippen LogP contribution in [-0.4, -0.2) is 6.54 Å². The van der Waals surface area contributed by atoms with Crippen LogP contribution in [0, 0.1) is 0 Å². The van der Waals surface area contributed by atoms with Crippen LogP contribution >= 0.6 is 0 Å². The van der Waals surface area contributed by atoms with E-state index in [2.05, 4.69) is 17.5 Å². The summed E-state index contributed by atoms with van der Waals surface area (Å²) in [5.41, 5.74) is 6.31. The second-order valence-corrected chi connectivity index (χ2v) is 3.72. The molecule has 0 spiro atoms. The summed E-state index contributed by atoms with van der Waals surface area (Å²) in [6.07, 6.45) is 9.70. The molecule has 1 heteroatoms. The lowest BCUT2D eigenvalue weighted by molar-refractivity contribution is 0.727. The Hall–Kier alpha value is -0.980. The minimum absolute atomic E-state index is 1.15. The van der Waals surface area contributed by atoms with Gasteiger partial charge in [0.2, 0.25) is 0 Å². The topological polar surface area (TPSA) is 12.0 Å². The second kappa shape index (κ2) is 2.25.